The summed E-state index contributed by atoms with van der Waals surface area (Å²) in [7, 11) is -1.72. The Balaban J connectivity index is 4.57. The van der Waals surface area contributed by atoms with Crippen molar-refractivity contribution in [2.45, 2.75) is 19.4 Å². The number of hydrogen-bond donors (Lipinski definition) is 0. The van der Waals surface area contributed by atoms with Crippen LogP contribution in [0.4, 0.5) is 0 Å². The van der Waals surface area contributed by atoms with Crippen LogP contribution in [0.15, 0.2) is 0 Å². The summed E-state index contributed by atoms with van der Waals surface area (Å²) in [5.74, 6) is -0.638. The first-order chi connectivity index (χ1) is 6.10. The number of alkyl halides is 1. The fraction of sp³-hybridized carbons (Fsp3) is 0.875. The summed E-state index contributed by atoms with van der Waals surface area (Å²) < 4.78 is 21.8. The summed E-state index contributed by atoms with van der Waals surface area (Å²) in [6, 6.07) is 0. The van der Waals surface area contributed by atoms with Crippen molar-refractivity contribution in [3.8, 4) is 0 Å². The number of halogens is 1. The van der Waals surface area contributed by atoms with Gasteiger partial charge in [0.15, 0.2) is 9.84 Å². The van der Waals surface area contributed by atoms with Crippen molar-refractivity contribution in [1.82, 2.24) is 4.90 Å². The Labute approximate surface area is 90.1 Å². The summed E-state index contributed by atoms with van der Waals surface area (Å²) in [6.07, 6.45) is 1.03. The van der Waals surface area contributed by atoms with Gasteiger partial charge < -0.3 is 4.90 Å². The molecule has 0 aliphatic carbocycles. The monoisotopic (exact) mass is 241 g/mol. The Morgan fingerprint density at radius 3 is 2.14 bits per heavy atom. The molecule has 0 N–H and O–H groups in total. The highest BCUT2D eigenvalue weighted by molar-refractivity contribution is 7.91. The van der Waals surface area contributed by atoms with E-state index >= 15 is 0 Å². The minimum atomic E-state index is -3.27. The molecule has 84 valence electrons. The standard InChI is InChI=1S/C8H16ClNO3S/c1-8(2,6-9)10(3)7(11)5-14(4,12)13/h5-6H2,1-4H3. The normalized spacial score (nSPS) is 12.6. The van der Waals surface area contributed by atoms with E-state index in [2.05, 4.69) is 0 Å². The molecule has 0 fully saturated rings. The average molecular weight is 242 g/mol. The number of nitrogens with zero attached hydrogens (tertiary/aromatic N) is 1. The summed E-state index contributed by atoms with van der Waals surface area (Å²) in [5.41, 5.74) is -0.524. The summed E-state index contributed by atoms with van der Waals surface area (Å²) in [4.78, 5) is 12.8. The zero-order chi connectivity index (χ0) is 11.6. The largest absolute Gasteiger partial charge is 0.339 e. The molecule has 0 aromatic carbocycles. The van der Waals surface area contributed by atoms with Gasteiger partial charge in [-0.3, -0.25) is 4.79 Å². The van der Waals surface area contributed by atoms with E-state index in [0.717, 1.165) is 6.26 Å². The smallest absolute Gasteiger partial charge is 0.237 e. The first-order valence-corrected chi connectivity index (χ1v) is 6.70. The van der Waals surface area contributed by atoms with Gasteiger partial charge in [0.2, 0.25) is 5.91 Å². The highest BCUT2D eigenvalue weighted by atomic mass is 35.5. The lowest BCUT2D eigenvalue weighted by Crippen LogP contribution is -2.48. The zero-order valence-electron chi connectivity index (χ0n) is 8.87. The highest BCUT2D eigenvalue weighted by Crippen LogP contribution is 2.14. The lowest BCUT2D eigenvalue weighted by atomic mass is 10.1. The summed E-state index contributed by atoms with van der Waals surface area (Å²) in [6.45, 7) is 3.56. The Hall–Kier alpha value is -0.290. The molecular formula is C8H16ClNO3S. The Bertz CT molecular complexity index is 311. The molecule has 0 unspecified atom stereocenters. The third-order valence-electron chi connectivity index (χ3n) is 1.99. The second-order valence-corrected chi connectivity index (χ2v) is 6.38. The fourth-order valence-electron chi connectivity index (χ4n) is 0.748. The lowest BCUT2D eigenvalue weighted by Gasteiger charge is -2.33. The van der Waals surface area contributed by atoms with Gasteiger partial charge in [-0.1, -0.05) is 0 Å². The topological polar surface area (TPSA) is 54.5 Å². The molecule has 0 rings (SSSR count). The van der Waals surface area contributed by atoms with Crippen LogP contribution in [0.25, 0.3) is 0 Å². The molecule has 0 saturated heterocycles. The van der Waals surface area contributed by atoms with Gasteiger partial charge >= 0.3 is 0 Å². The Morgan fingerprint density at radius 2 is 1.86 bits per heavy atom. The number of sulfone groups is 1. The highest BCUT2D eigenvalue weighted by Gasteiger charge is 2.28. The van der Waals surface area contributed by atoms with E-state index in [4.69, 9.17) is 11.6 Å². The molecule has 0 aliphatic rings. The molecule has 0 aliphatic heterocycles. The van der Waals surface area contributed by atoms with Crippen molar-refractivity contribution < 1.29 is 13.2 Å². The summed E-state index contributed by atoms with van der Waals surface area (Å²) >= 11 is 5.66. The van der Waals surface area contributed by atoms with Crippen LogP contribution in [0.5, 0.6) is 0 Å². The molecular weight excluding hydrogens is 226 g/mol. The Morgan fingerprint density at radius 1 is 1.43 bits per heavy atom. The maximum atomic E-state index is 11.5. The minimum absolute atomic E-state index is 0.263. The molecule has 0 bridgehead atoms. The molecule has 0 spiro atoms. The predicted octanol–water partition coefficient (Wildman–Crippen LogP) is 0.507. The van der Waals surface area contributed by atoms with Gasteiger partial charge in [-0.15, -0.1) is 11.6 Å². The van der Waals surface area contributed by atoms with Gasteiger partial charge in [0.05, 0.1) is 5.54 Å². The third-order valence-corrected chi connectivity index (χ3v) is 3.42. The molecule has 0 atom stereocenters. The van der Waals surface area contributed by atoms with E-state index in [1.165, 1.54) is 4.90 Å². The molecule has 0 aromatic rings. The molecule has 0 radical (unpaired) electrons. The van der Waals surface area contributed by atoms with Crippen molar-refractivity contribution in [2.24, 2.45) is 0 Å². The average Bonchev–Trinajstić information content (AvgIpc) is 2.00. The van der Waals surface area contributed by atoms with Crippen LogP contribution in [0, 0.1) is 0 Å². The number of amides is 1. The molecule has 6 heteroatoms. The van der Waals surface area contributed by atoms with Crippen molar-refractivity contribution in [3.63, 3.8) is 0 Å². The van der Waals surface area contributed by atoms with Gasteiger partial charge in [0, 0.05) is 19.2 Å². The fourth-order valence-corrected chi connectivity index (χ4v) is 1.57. The van der Waals surface area contributed by atoms with Crippen molar-refractivity contribution in [2.75, 3.05) is 24.9 Å². The quantitative estimate of drug-likeness (QED) is 0.674. The maximum absolute atomic E-state index is 11.5. The summed E-state index contributed by atoms with van der Waals surface area (Å²) in [5, 5.41) is 0. The van der Waals surface area contributed by atoms with Gasteiger partial charge in [-0.2, -0.15) is 0 Å². The number of hydrogen-bond acceptors (Lipinski definition) is 3. The van der Waals surface area contributed by atoms with Gasteiger partial charge in [-0.05, 0) is 13.8 Å². The van der Waals surface area contributed by atoms with Gasteiger partial charge in [0.1, 0.15) is 5.75 Å². The number of rotatable bonds is 4. The van der Waals surface area contributed by atoms with Gasteiger partial charge in [0.25, 0.3) is 0 Å². The van der Waals surface area contributed by atoms with Crippen LogP contribution < -0.4 is 0 Å². The molecule has 4 nitrogen and oxygen atoms in total. The van der Waals surface area contributed by atoms with Crippen LogP contribution >= 0.6 is 11.6 Å². The Kier molecular flexibility index (Phi) is 4.39. The van der Waals surface area contributed by atoms with Crippen LogP contribution in [-0.2, 0) is 14.6 Å². The van der Waals surface area contributed by atoms with Crippen molar-refractivity contribution in [3.05, 3.63) is 0 Å². The molecule has 0 heterocycles. The molecule has 0 aromatic heterocycles. The number of carbonyl (C=O) groups excluding carboxylic acids is 1. The van der Waals surface area contributed by atoms with E-state index in [9.17, 15) is 13.2 Å². The van der Waals surface area contributed by atoms with E-state index in [0.29, 0.717) is 0 Å². The van der Waals surface area contributed by atoms with Gasteiger partial charge in [-0.25, -0.2) is 8.42 Å². The van der Waals surface area contributed by atoms with Crippen LogP contribution in [0.3, 0.4) is 0 Å². The minimum Gasteiger partial charge on any atom is -0.339 e. The van der Waals surface area contributed by atoms with Crippen molar-refractivity contribution >= 4 is 27.3 Å². The molecule has 0 saturated carbocycles. The zero-order valence-corrected chi connectivity index (χ0v) is 10.4. The SMILES string of the molecule is CN(C(=O)CS(C)(=O)=O)C(C)(C)CCl. The van der Waals surface area contributed by atoms with E-state index in [-0.39, 0.29) is 5.88 Å². The lowest BCUT2D eigenvalue weighted by molar-refractivity contribution is -0.131. The molecule has 14 heavy (non-hydrogen) atoms. The number of carbonyl (C=O) groups is 1. The second kappa shape index (κ2) is 4.49. The van der Waals surface area contributed by atoms with Crippen LogP contribution in [-0.4, -0.2) is 49.7 Å². The maximum Gasteiger partial charge on any atom is 0.237 e. The van der Waals surface area contributed by atoms with Crippen LogP contribution in [0.2, 0.25) is 0 Å². The van der Waals surface area contributed by atoms with Crippen LogP contribution in [0.1, 0.15) is 13.8 Å². The predicted molar refractivity (Wildman–Crippen MR) is 57.3 cm³/mol. The first kappa shape index (κ1) is 13.7. The third kappa shape index (κ3) is 4.28. The molecule has 1 amide bonds. The van der Waals surface area contributed by atoms with E-state index < -0.39 is 27.0 Å². The van der Waals surface area contributed by atoms with E-state index in [1.807, 2.05) is 0 Å². The van der Waals surface area contributed by atoms with E-state index in [1.54, 1.807) is 20.9 Å². The van der Waals surface area contributed by atoms with Crippen molar-refractivity contribution in [1.29, 1.82) is 0 Å². The second-order valence-electron chi connectivity index (χ2n) is 3.97. The first-order valence-electron chi connectivity index (χ1n) is 4.10.